The quantitative estimate of drug-likeness (QED) is 0.0337. The number of hydrogen-bond acceptors (Lipinski definition) is 21. The van der Waals surface area contributed by atoms with Gasteiger partial charge in [0, 0.05) is 176 Å². The van der Waals surface area contributed by atoms with Gasteiger partial charge in [-0.2, -0.15) is 0 Å². The number of nitrogens with one attached hydrogen (secondary N) is 4. The van der Waals surface area contributed by atoms with Gasteiger partial charge < -0.3 is 33.6 Å². The lowest BCUT2D eigenvalue weighted by Gasteiger charge is -2.37. The predicted molar refractivity (Wildman–Crippen MR) is 623 cm³/mol. The minimum absolute atomic E-state index is 0. The number of carbonyl (C=O) groups excluding carboxylic acids is 7. The standard InChI is InChI=1S/C25H20N4OS.C19H17BrN2OS2.C18H16BrN3OS.C17H13BrN2O2S.C17H13BrN2OS2.C15H11BrOS.HI.H3N/c1-27-19-10-6-9-17(13-19)18-11-12-21-20(14-18)25(23(30)29(2)24(26)28-25)15-22(31-21)16-7-4-3-5-8-16;1-22-17(23)19(21-18(22)24-2)11-16(12-6-4-3-5-7-12)25-15-9-8-13(20)10-14(15)19;1-22-16(23)18(21-17(22)20)10-15(11-5-3-2-4-6-11)24-14-8-7-12(19)9-13(14)18;2*18-11-6-7-13-12(8-11)17(15(21)19-16(22)20-17)9-14(23-13)10-4-2-1-3-5-10;16-11-6-7-14-12(8-11)13(17)9-15(18-14)10-4-2-1-3-5-10;;/h3-14,22H,15H2,2H3,(H2,26,28);3-10,16H,11H2,1-2H3;2-9,15H,10H2,1H3,(H2,20,21);2*1-8,14H,9H2,(H2,19,20,21,22);1-8,15H,9H2;1H;1H3. The molecule has 0 saturated carbocycles. The number of aliphatic imine (C=N–C) groups is 3. The molecule has 2 fully saturated rings. The number of halogens is 6. The molecule has 11 heterocycles. The number of nitrogens with two attached hydrogens (primary N) is 2. The van der Waals surface area contributed by atoms with E-state index in [1.54, 1.807) is 83.9 Å². The molecule has 146 heavy (non-hydrogen) atoms. The molecule has 0 aliphatic carbocycles. The maximum Gasteiger partial charge on any atom is 0.322 e. The first-order valence-corrected chi connectivity index (χ1v) is 56.8. The smallest absolute Gasteiger partial charge is 0.322 e. The zero-order valence-corrected chi connectivity index (χ0v) is 95.4. The third-order valence-corrected chi connectivity index (χ3v) is 38.3. The molecule has 0 radical (unpaired) electrons. The Morgan fingerprint density at radius 2 is 0.699 bits per heavy atom. The third-order valence-electron chi connectivity index (χ3n) is 26.9. The van der Waals surface area contributed by atoms with Crippen LogP contribution in [0.3, 0.4) is 0 Å². The number of Topliss-reactive ketones (excluding diaryl/α,β-unsaturated/α-hetero) is 1. The molecular formula is C111H94Br5IN14O7S8. The van der Waals surface area contributed by atoms with Crippen LogP contribution in [0.25, 0.3) is 16.0 Å². The van der Waals surface area contributed by atoms with Gasteiger partial charge in [0.1, 0.15) is 11.1 Å². The van der Waals surface area contributed by atoms with Crippen molar-refractivity contribution in [1.29, 1.82) is 0 Å². The minimum atomic E-state index is -1.03. The number of ketones is 1. The highest BCUT2D eigenvalue weighted by atomic mass is 127. The molecule has 7 amide bonds. The fourth-order valence-electron chi connectivity index (χ4n) is 19.7. The fraction of sp³-hybridized carbons (Fsp3) is 0.189. The number of likely N-dealkylation sites (N-methyl/N-ethyl adjacent to an activating group) is 3. The number of thiocarbonyl (C=S) groups is 1. The van der Waals surface area contributed by atoms with Crippen molar-refractivity contribution in [3.8, 4) is 11.1 Å². The highest BCUT2D eigenvalue weighted by Crippen LogP contribution is 2.61. The lowest BCUT2D eigenvalue weighted by atomic mass is 9.82. The number of thioether (sulfide) groups is 7. The van der Waals surface area contributed by atoms with Gasteiger partial charge in [0.2, 0.25) is 0 Å². The van der Waals surface area contributed by atoms with E-state index in [0.29, 0.717) is 49.3 Å². The topological polar surface area (TPSA) is 306 Å². The van der Waals surface area contributed by atoms with Crippen LogP contribution < -0.4 is 38.9 Å². The largest absolute Gasteiger partial charge is 0.369 e. The average Bonchev–Trinajstić information content (AvgIpc) is 1.55. The van der Waals surface area contributed by atoms with E-state index in [1.807, 2.05) is 219 Å². The van der Waals surface area contributed by atoms with E-state index in [9.17, 15) is 33.6 Å². The molecule has 13 aromatic rings. The summed E-state index contributed by atoms with van der Waals surface area (Å²) in [5.74, 6) is 0.335. The molecule has 11 atom stereocenters. The van der Waals surface area contributed by atoms with E-state index in [4.69, 9.17) is 40.2 Å². The van der Waals surface area contributed by atoms with Crippen LogP contribution in [0.15, 0.2) is 382 Å². The first kappa shape index (κ1) is 107. The molecule has 35 heteroatoms. The van der Waals surface area contributed by atoms with Gasteiger partial charge in [0.05, 0.1) is 6.57 Å². The molecule has 13 aromatic carbocycles. The lowest BCUT2D eigenvalue weighted by molar-refractivity contribution is -0.131. The Hall–Kier alpha value is -10.1. The number of rotatable bonds is 7. The summed E-state index contributed by atoms with van der Waals surface area (Å²) in [5, 5.41) is 13.5. The number of amides is 7. The Bertz CT molecular complexity index is 7320. The summed E-state index contributed by atoms with van der Waals surface area (Å²) >= 11 is 34.9. The molecule has 5 spiro atoms. The van der Waals surface area contributed by atoms with Crippen molar-refractivity contribution in [3.05, 3.63) is 416 Å². The SMILES string of the molecule is CN1C(=O)C2(CC(c3ccccc3)Sc3ccc(Br)cc32)N=C1N.CSC1=NC2(CC(c3ccccc3)Sc3ccc(Br)cc32)C(=O)N1C.I.N.O=C1CC(c2ccccc2)Sc2ccc(Br)cc21.O=C1NC(=O)C2(CC(c3ccccc3)Sc3ccc(Br)cc32)N1.O=C1NC(=S)NC12CC(c1ccccc1)Sc1ccc(Br)cc12.[C-]#[N+]c1cccc(-c2ccc3c(c2)C2(CC(c4ccccc4)S3)N=C(N)N(C)C2=O)c1. The molecule has 740 valence electrons. The zero-order valence-electron chi connectivity index (χ0n) is 78.6. The van der Waals surface area contributed by atoms with Crippen LogP contribution in [-0.4, -0.2) is 106 Å². The van der Waals surface area contributed by atoms with Gasteiger partial charge in [-0.05, 0) is 172 Å². The molecule has 0 aromatic heterocycles. The summed E-state index contributed by atoms with van der Waals surface area (Å²) in [7, 11) is 5.19. The third kappa shape index (κ3) is 21.5. The predicted octanol–water partition coefficient (Wildman–Crippen LogP) is 27.1. The number of carbonyl (C=O) groups is 7. The summed E-state index contributed by atoms with van der Waals surface area (Å²) in [4.78, 5) is 118. The Labute approximate surface area is 941 Å². The van der Waals surface area contributed by atoms with E-state index in [-0.39, 0.29) is 109 Å². The summed E-state index contributed by atoms with van der Waals surface area (Å²) in [6.45, 7) is 7.30. The fourth-order valence-corrected chi connectivity index (χ4v) is 30.8. The van der Waals surface area contributed by atoms with E-state index in [1.165, 1.54) is 49.4 Å². The average molecular weight is 2520 g/mol. The summed E-state index contributed by atoms with van der Waals surface area (Å²) in [5.41, 5.74) is 22.8. The van der Waals surface area contributed by atoms with E-state index < -0.39 is 33.7 Å². The van der Waals surface area contributed by atoms with Crippen molar-refractivity contribution >= 4 is 267 Å². The number of fused-ring (bicyclic) bond motifs is 11. The maximum absolute atomic E-state index is 13.5. The highest BCUT2D eigenvalue weighted by Gasteiger charge is 2.59. The molecule has 11 aliphatic heterocycles. The van der Waals surface area contributed by atoms with Crippen LogP contribution in [0.5, 0.6) is 0 Å². The first-order valence-electron chi connectivity index (χ1n) is 45.9. The summed E-state index contributed by atoms with van der Waals surface area (Å²) in [6, 6.07) is 105. The van der Waals surface area contributed by atoms with Crippen LogP contribution >= 0.6 is 198 Å². The molecule has 21 nitrogen and oxygen atoms in total. The van der Waals surface area contributed by atoms with Gasteiger partial charge in [-0.1, -0.05) is 298 Å². The van der Waals surface area contributed by atoms with Crippen molar-refractivity contribution in [2.75, 3.05) is 27.4 Å². The minimum Gasteiger partial charge on any atom is -0.369 e. The van der Waals surface area contributed by atoms with Gasteiger partial charge in [-0.25, -0.2) is 24.6 Å². The molecule has 11 unspecified atom stereocenters. The Morgan fingerprint density at radius 3 is 1.05 bits per heavy atom. The number of amidine groups is 1. The number of hydrogen-bond donors (Lipinski definition) is 7. The Balaban J connectivity index is 0.000000120. The van der Waals surface area contributed by atoms with Crippen molar-refractivity contribution in [2.24, 2.45) is 26.4 Å². The second-order valence-corrected chi connectivity index (χ2v) is 48.9. The van der Waals surface area contributed by atoms with Gasteiger partial charge in [0.15, 0.2) is 50.3 Å². The van der Waals surface area contributed by atoms with Crippen molar-refractivity contribution in [2.45, 2.75) is 127 Å². The Morgan fingerprint density at radius 1 is 0.377 bits per heavy atom. The highest BCUT2D eigenvalue weighted by molar-refractivity contribution is 14.0. The van der Waals surface area contributed by atoms with E-state index >= 15 is 0 Å². The Kier molecular flexibility index (Phi) is 33.3. The van der Waals surface area contributed by atoms with Crippen molar-refractivity contribution in [3.63, 3.8) is 0 Å². The summed E-state index contributed by atoms with van der Waals surface area (Å²) in [6.07, 6.45) is 5.57. The maximum atomic E-state index is 13.5. The molecule has 24 rings (SSSR count). The monoisotopic (exact) mass is 2510 g/mol. The number of guanidine groups is 2. The van der Waals surface area contributed by atoms with Crippen LogP contribution in [0, 0.1) is 6.57 Å². The molecule has 11 aliphatic rings. The van der Waals surface area contributed by atoms with E-state index in [0.717, 1.165) is 107 Å². The van der Waals surface area contributed by atoms with Crippen LogP contribution in [0.4, 0.5) is 10.5 Å². The molecule has 0 bridgehead atoms. The van der Waals surface area contributed by atoms with Gasteiger partial charge in [-0.3, -0.25) is 48.8 Å². The van der Waals surface area contributed by atoms with Gasteiger partial charge >= 0.3 is 6.03 Å². The number of imide groups is 1. The van der Waals surface area contributed by atoms with Crippen LogP contribution in [-0.2, 0) is 51.7 Å². The number of benzene rings is 13. The number of nitrogens with zero attached hydrogens (tertiary/aromatic N) is 7. The molecule has 11 N–H and O–H groups in total. The van der Waals surface area contributed by atoms with Crippen molar-refractivity contribution in [1.82, 2.24) is 42.1 Å². The zero-order chi connectivity index (χ0) is 101. The normalized spacial score (nSPS) is 23.7. The summed E-state index contributed by atoms with van der Waals surface area (Å²) < 4.78 is 4.74. The second-order valence-electron chi connectivity index (χ2n) is 35.7. The molecular weight excluding hydrogens is 2420 g/mol. The lowest BCUT2D eigenvalue weighted by Crippen LogP contribution is -2.46. The van der Waals surface area contributed by atoms with Crippen LogP contribution in [0.2, 0.25) is 0 Å². The van der Waals surface area contributed by atoms with Gasteiger partial charge in [0.25, 0.3) is 29.5 Å². The molecule has 2 saturated heterocycles. The van der Waals surface area contributed by atoms with Crippen molar-refractivity contribution < 1.29 is 33.6 Å². The first-order chi connectivity index (χ1) is 69.5. The number of urea groups is 1. The second kappa shape index (κ2) is 45.4. The van der Waals surface area contributed by atoms with E-state index in [2.05, 4.69) is 226 Å². The van der Waals surface area contributed by atoms with Gasteiger partial charge in [-0.15, -0.1) is 94.5 Å². The van der Waals surface area contributed by atoms with Crippen LogP contribution in [0.1, 0.15) is 142 Å².